The van der Waals surface area contributed by atoms with Crippen LogP contribution in [0.15, 0.2) is 30.5 Å². The molecule has 0 unspecified atom stereocenters. The van der Waals surface area contributed by atoms with Gasteiger partial charge in [-0.2, -0.15) is 5.10 Å². The molecule has 3 aromatic rings. The van der Waals surface area contributed by atoms with Crippen LogP contribution in [0.1, 0.15) is 21.5 Å². The van der Waals surface area contributed by atoms with E-state index >= 15 is 0 Å². The highest BCUT2D eigenvalue weighted by Gasteiger charge is 2.26. The van der Waals surface area contributed by atoms with Crippen LogP contribution in [-0.4, -0.2) is 22.8 Å². The Balaban J connectivity index is 1.82. The van der Waals surface area contributed by atoms with Crippen molar-refractivity contribution in [3.05, 3.63) is 76.2 Å². The van der Waals surface area contributed by atoms with Gasteiger partial charge in [0.25, 0.3) is 5.91 Å². The molecule has 0 saturated heterocycles. The third-order valence-corrected chi connectivity index (χ3v) is 4.25. The first kappa shape index (κ1) is 20.3. The Bertz CT molecular complexity index is 1070. The van der Waals surface area contributed by atoms with Crippen LogP contribution in [-0.2, 0) is 6.54 Å². The maximum absolute atomic E-state index is 13.8. The number of nitrogens with zero attached hydrogens (tertiary/aromatic N) is 2. The number of hydrogen-bond acceptors (Lipinski definition) is 3. The average Bonchev–Trinajstić information content (AvgIpc) is 3.15. The summed E-state index contributed by atoms with van der Waals surface area (Å²) in [6.07, 6.45) is 1.23. The van der Waals surface area contributed by atoms with Gasteiger partial charge >= 0.3 is 0 Å². The highest BCUT2D eigenvalue weighted by molar-refractivity contribution is 6.05. The molecular weight excluding hydrogens is 397 g/mol. The van der Waals surface area contributed by atoms with Crippen molar-refractivity contribution in [1.29, 1.82) is 0 Å². The van der Waals surface area contributed by atoms with Gasteiger partial charge in [-0.3, -0.25) is 9.48 Å². The molecule has 0 aliphatic rings. The number of hydrogen-bond donors (Lipinski definition) is 1. The second-order valence-corrected chi connectivity index (χ2v) is 6.03. The highest BCUT2D eigenvalue weighted by Crippen LogP contribution is 2.24. The van der Waals surface area contributed by atoms with Gasteiger partial charge in [-0.1, -0.05) is 6.07 Å². The van der Waals surface area contributed by atoms with E-state index in [1.807, 2.05) is 0 Å². The van der Waals surface area contributed by atoms with Crippen molar-refractivity contribution < 1.29 is 31.5 Å². The van der Waals surface area contributed by atoms with Gasteiger partial charge in [-0.15, -0.1) is 0 Å². The number of rotatable bonds is 5. The molecule has 0 aliphatic heterocycles. The van der Waals surface area contributed by atoms with E-state index in [4.69, 9.17) is 4.74 Å². The summed E-state index contributed by atoms with van der Waals surface area (Å²) in [5.74, 6) is -10.1. The smallest absolute Gasteiger partial charge is 0.257 e. The Morgan fingerprint density at radius 3 is 2.28 bits per heavy atom. The van der Waals surface area contributed by atoms with Crippen molar-refractivity contribution in [3.63, 3.8) is 0 Å². The van der Waals surface area contributed by atoms with Gasteiger partial charge in [0.2, 0.25) is 5.82 Å². The first-order valence-corrected chi connectivity index (χ1v) is 8.23. The van der Waals surface area contributed by atoms with Crippen LogP contribution in [0.3, 0.4) is 0 Å². The van der Waals surface area contributed by atoms with E-state index in [-0.39, 0.29) is 5.82 Å². The Hall–Kier alpha value is -3.43. The number of ether oxygens (including phenoxy) is 1. The molecule has 0 saturated carbocycles. The van der Waals surface area contributed by atoms with E-state index in [1.165, 1.54) is 19.4 Å². The van der Waals surface area contributed by atoms with Gasteiger partial charge in [-0.25, -0.2) is 22.0 Å². The van der Waals surface area contributed by atoms with E-state index in [0.717, 1.165) is 4.68 Å². The second kappa shape index (κ2) is 7.90. The molecule has 10 heteroatoms. The van der Waals surface area contributed by atoms with Crippen LogP contribution in [0, 0.1) is 36.0 Å². The molecule has 0 atom stereocenters. The summed E-state index contributed by atoms with van der Waals surface area (Å²) in [6, 6.07) is 6.20. The van der Waals surface area contributed by atoms with Crippen LogP contribution in [0.5, 0.6) is 5.75 Å². The largest absolute Gasteiger partial charge is 0.496 e. The molecule has 1 amide bonds. The molecule has 0 bridgehead atoms. The van der Waals surface area contributed by atoms with Crippen molar-refractivity contribution in [2.75, 3.05) is 12.4 Å². The summed E-state index contributed by atoms with van der Waals surface area (Å²) in [5.41, 5.74) is -0.127. The lowest BCUT2D eigenvalue weighted by Gasteiger charge is -2.10. The van der Waals surface area contributed by atoms with E-state index in [0.29, 0.717) is 16.9 Å². The summed E-state index contributed by atoms with van der Waals surface area (Å²) in [5, 5.41) is 6.38. The number of aromatic nitrogens is 2. The zero-order valence-corrected chi connectivity index (χ0v) is 15.2. The van der Waals surface area contributed by atoms with Crippen molar-refractivity contribution in [2.24, 2.45) is 0 Å². The van der Waals surface area contributed by atoms with Gasteiger partial charge in [-0.05, 0) is 19.1 Å². The quantitative estimate of drug-likeness (QED) is 0.389. The lowest BCUT2D eigenvalue weighted by molar-refractivity contribution is 0.102. The van der Waals surface area contributed by atoms with Crippen molar-refractivity contribution in [3.8, 4) is 5.75 Å². The standard InChI is InChI=1S/C19H14F5N3O2/c1-9-10(4-3-5-12(9)29-2)19(28)25-13-6-7-27(26-13)8-11-14(20)16(22)18(24)17(23)15(11)21/h3-7H,8H2,1-2H3,(H,25,26,28). The zero-order chi connectivity index (χ0) is 21.3. The van der Waals surface area contributed by atoms with E-state index in [9.17, 15) is 26.7 Å². The molecule has 3 rings (SSSR count). The minimum atomic E-state index is -2.23. The van der Waals surface area contributed by atoms with Crippen molar-refractivity contribution >= 4 is 11.7 Å². The fraction of sp³-hybridized carbons (Fsp3) is 0.158. The molecule has 152 valence electrons. The maximum Gasteiger partial charge on any atom is 0.257 e. The van der Waals surface area contributed by atoms with Crippen LogP contribution in [0.4, 0.5) is 27.8 Å². The highest BCUT2D eigenvalue weighted by atomic mass is 19.2. The molecule has 1 N–H and O–H groups in total. The topological polar surface area (TPSA) is 56.1 Å². The van der Waals surface area contributed by atoms with Gasteiger partial charge in [0.05, 0.1) is 19.2 Å². The normalized spacial score (nSPS) is 10.9. The lowest BCUT2D eigenvalue weighted by Crippen LogP contribution is -2.15. The van der Waals surface area contributed by atoms with Gasteiger partial charge in [0.1, 0.15) is 5.75 Å². The zero-order valence-electron chi connectivity index (χ0n) is 15.2. The molecule has 0 spiro atoms. The van der Waals surface area contributed by atoms with Crippen LogP contribution >= 0.6 is 0 Å². The lowest BCUT2D eigenvalue weighted by atomic mass is 10.1. The average molecular weight is 411 g/mol. The Labute approximate surface area is 161 Å². The number of carbonyl (C=O) groups excluding carboxylic acids is 1. The van der Waals surface area contributed by atoms with Crippen LogP contribution in [0.2, 0.25) is 0 Å². The number of anilines is 1. The molecular formula is C19H14F5N3O2. The monoisotopic (exact) mass is 411 g/mol. The summed E-state index contributed by atoms with van der Waals surface area (Å²) in [4.78, 5) is 12.4. The summed E-state index contributed by atoms with van der Waals surface area (Å²) >= 11 is 0. The summed E-state index contributed by atoms with van der Waals surface area (Å²) in [7, 11) is 1.46. The first-order valence-electron chi connectivity index (χ1n) is 8.23. The first-order chi connectivity index (χ1) is 13.7. The van der Waals surface area contributed by atoms with Crippen LogP contribution in [0.25, 0.3) is 0 Å². The van der Waals surface area contributed by atoms with Gasteiger partial charge < -0.3 is 10.1 Å². The molecule has 0 aliphatic carbocycles. The number of methoxy groups -OCH3 is 1. The van der Waals surface area contributed by atoms with E-state index in [1.54, 1.807) is 25.1 Å². The third kappa shape index (κ3) is 3.78. The Morgan fingerprint density at radius 2 is 1.66 bits per heavy atom. The van der Waals surface area contributed by atoms with Crippen molar-refractivity contribution in [2.45, 2.75) is 13.5 Å². The fourth-order valence-corrected chi connectivity index (χ4v) is 2.73. The number of nitrogens with one attached hydrogen (secondary N) is 1. The Morgan fingerprint density at radius 1 is 1.03 bits per heavy atom. The number of carbonyl (C=O) groups is 1. The van der Waals surface area contributed by atoms with E-state index < -0.39 is 47.1 Å². The summed E-state index contributed by atoms with van der Waals surface area (Å²) in [6.45, 7) is 0.968. The minimum Gasteiger partial charge on any atom is -0.496 e. The number of amides is 1. The summed E-state index contributed by atoms with van der Waals surface area (Å²) < 4.78 is 73.4. The molecule has 1 aromatic heterocycles. The van der Waals surface area contributed by atoms with Crippen LogP contribution < -0.4 is 10.1 Å². The molecule has 1 heterocycles. The molecule has 29 heavy (non-hydrogen) atoms. The number of halogens is 5. The van der Waals surface area contributed by atoms with Gasteiger partial charge in [0.15, 0.2) is 29.1 Å². The van der Waals surface area contributed by atoms with E-state index in [2.05, 4.69) is 10.4 Å². The molecule has 2 aromatic carbocycles. The molecule has 5 nitrogen and oxygen atoms in total. The molecule has 0 radical (unpaired) electrons. The SMILES string of the molecule is COc1cccc(C(=O)Nc2ccn(Cc3c(F)c(F)c(F)c(F)c3F)n2)c1C. The predicted octanol–water partition coefficient (Wildman–Crippen LogP) is 4.20. The minimum absolute atomic E-state index is 0.0288. The van der Waals surface area contributed by atoms with Gasteiger partial charge in [0, 0.05) is 23.4 Å². The number of benzene rings is 2. The maximum atomic E-state index is 13.8. The fourth-order valence-electron chi connectivity index (χ4n) is 2.73. The second-order valence-electron chi connectivity index (χ2n) is 6.03. The van der Waals surface area contributed by atoms with Crippen molar-refractivity contribution in [1.82, 2.24) is 9.78 Å². The predicted molar refractivity (Wildman–Crippen MR) is 93.2 cm³/mol. The Kier molecular flexibility index (Phi) is 5.53. The third-order valence-electron chi connectivity index (χ3n) is 4.25. The molecule has 0 fully saturated rings.